The normalized spacial score (nSPS) is 13.2. The molecule has 0 N–H and O–H groups in total. The van der Waals surface area contributed by atoms with Crippen LogP contribution in [-0.2, 0) is 13.0 Å². The number of halogens is 2. The Bertz CT molecular complexity index is 741. The molecule has 0 fully saturated rings. The van der Waals surface area contributed by atoms with E-state index in [2.05, 4.69) is 42.9 Å². The third-order valence-corrected chi connectivity index (χ3v) is 4.69. The standard InChI is InChI=1S/C14H12Br2N2O2/c1-8-12(16)14(19)18(7-17-8)6-10-5-11(15)4-9-2-3-20-13(9)10/h4-5,7H,2-3,6H2,1H3. The van der Waals surface area contributed by atoms with Gasteiger partial charge >= 0.3 is 0 Å². The first-order chi connectivity index (χ1) is 9.56. The van der Waals surface area contributed by atoms with Gasteiger partial charge in [0.15, 0.2) is 0 Å². The lowest BCUT2D eigenvalue weighted by atomic mass is 10.1. The Balaban J connectivity index is 2.05. The number of fused-ring (bicyclic) bond motifs is 1. The van der Waals surface area contributed by atoms with Gasteiger partial charge < -0.3 is 4.74 Å². The van der Waals surface area contributed by atoms with Crippen molar-refractivity contribution >= 4 is 31.9 Å². The molecule has 3 rings (SSSR count). The van der Waals surface area contributed by atoms with Crippen molar-refractivity contribution in [1.82, 2.24) is 9.55 Å². The van der Waals surface area contributed by atoms with Crippen LogP contribution >= 0.6 is 31.9 Å². The molecule has 0 radical (unpaired) electrons. The fourth-order valence-electron chi connectivity index (χ4n) is 2.31. The molecule has 4 nitrogen and oxygen atoms in total. The van der Waals surface area contributed by atoms with Gasteiger partial charge in [-0.25, -0.2) is 4.98 Å². The second-order valence-corrected chi connectivity index (χ2v) is 6.44. The van der Waals surface area contributed by atoms with Crippen molar-refractivity contribution in [3.63, 3.8) is 0 Å². The molecule has 0 atom stereocenters. The molecule has 104 valence electrons. The average molecular weight is 400 g/mol. The zero-order chi connectivity index (χ0) is 14.3. The van der Waals surface area contributed by atoms with Crippen LogP contribution in [-0.4, -0.2) is 16.2 Å². The maximum absolute atomic E-state index is 12.2. The zero-order valence-electron chi connectivity index (χ0n) is 10.8. The van der Waals surface area contributed by atoms with E-state index in [-0.39, 0.29) is 5.56 Å². The lowest BCUT2D eigenvalue weighted by Crippen LogP contribution is -2.22. The van der Waals surface area contributed by atoms with Gasteiger partial charge in [0.25, 0.3) is 5.56 Å². The van der Waals surface area contributed by atoms with E-state index in [1.165, 1.54) is 5.56 Å². The van der Waals surface area contributed by atoms with Crippen molar-refractivity contribution in [3.05, 3.63) is 54.6 Å². The number of ether oxygens (including phenoxy) is 1. The van der Waals surface area contributed by atoms with Gasteiger partial charge in [0, 0.05) is 16.5 Å². The van der Waals surface area contributed by atoms with E-state index in [9.17, 15) is 4.79 Å². The minimum absolute atomic E-state index is 0.0794. The van der Waals surface area contributed by atoms with Crippen molar-refractivity contribution in [1.29, 1.82) is 0 Å². The van der Waals surface area contributed by atoms with E-state index in [0.717, 1.165) is 22.2 Å². The predicted molar refractivity (Wildman–Crippen MR) is 83.4 cm³/mol. The van der Waals surface area contributed by atoms with E-state index in [4.69, 9.17) is 4.74 Å². The smallest absolute Gasteiger partial charge is 0.268 e. The molecule has 0 saturated heterocycles. The minimum atomic E-state index is -0.0794. The highest BCUT2D eigenvalue weighted by Crippen LogP contribution is 2.33. The van der Waals surface area contributed by atoms with Crippen molar-refractivity contribution in [3.8, 4) is 5.75 Å². The molecule has 0 aliphatic carbocycles. The van der Waals surface area contributed by atoms with Gasteiger partial charge in [-0.15, -0.1) is 0 Å². The second-order valence-electron chi connectivity index (χ2n) is 4.73. The Kier molecular flexibility index (Phi) is 3.69. The number of aromatic nitrogens is 2. The van der Waals surface area contributed by atoms with Crippen LogP contribution in [0, 0.1) is 6.92 Å². The predicted octanol–water partition coefficient (Wildman–Crippen LogP) is 3.06. The van der Waals surface area contributed by atoms with Gasteiger partial charge in [-0.05, 0) is 40.5 Å². The summed E-state index contributed by atoms with van der Waals surface area (Å²) in [6.45, 7) is 2.95. The van der Waals surface area contributed by atoms with Crippen molar-refractivity contribution in [2.45, 2.75) is 19.9 Å². The van der Waals surface area contributed by atoms with Crippen LogP contribution in [0.15, 0.2) is 32.2 Å². The first-order valence-electron chi connectivity index (χ1n) is 6.22. The van der Waals surface area contributed by atoms with E-state index < -0.39 is 0 Å². The zero-order valence-corrected chi connectivity index (χ0v) is 14.0. The summed E-state index contributed by atoms with van der Waals surface area (Å²) in [5, 5.41) is 0. The molecule has 0 spiro atoms. The Morgan fingerprint density at radius 1 is 1.40 bits per heavy atom. The number of rotatable bonds is 2. The van der Waals surface area contributed by atoms with Gasteiger partial charge in [0.1, 0.15) is 10.2 Å². The van der Waals surface area contributed by atoms with Crippen LogP contribution in [0.5, 0.6) is 5.75 Å². The lowest BCUT2D eigenvalue weighted by molar-refractivity contribution is 0.352. The number of benzene rings is 1. The summed E-state index contributed by atoms with van der Waals surface area (Å²) >= 11 is 6.79. The fraction of sp³-hybridized carbons (Fsp3) is 0.286. The van der Waals surface area contributed by atoms with Crippen molar-refractivity contribution in [2.24, 2.45) is 0 Å². The van der Waals surface area contributed by atoms with Gasteiger partial charge in [-0.1, -0.05) is 15.9 Å². The first kappa shape index (κ1) is 13.8. The summed E-state index contributed by atoms with van der Waals surface area (Å²) in [6.07, 6.45) is 2.48. The van der Waals surface area contributed by atoms with Crippen LogP contribution in [0.25, 0.3) is 0 Å². The largest absolute Gasteiger partial charge is 0.493 e. The van der Waals surface area contributed by atoms with E-state index >= 15 is 0 Å². The molecule has 6 heteroatoms. The molecule has 20 heavy (non-hydrogen) atoms. The van der Waals surface area contributed by atoms with Crippen LogP contribution in [0.4, 0.5) is 0 Å². The van der Waals surface area contributed by atoms with Crippen molar-refractivity contribution in [2.75, 3.05) is 6.61 Å². The highest BCUT2D eigenvalue weighted by Gasteiger charge is 2.18. The SMILES string of the molecule is Cc1ncn(Cc2cc(Br)cc3c2OCC3)c(=O)c1Br. The van der Waals surface area contributed by atoms with Crippen LogP contribution in [0.3, 0.4) is 0 Å². The van der Waals surface area contributed by atoms with Gasteiger partial charge in [0.05, 0.1) is 25.2 Å². The summed E-state index contributed by atoms with van der Waals surface area (Å²) in [6, 6.07) is 4.06. The van der Waals surface area contributed by atoms with E-state index in [0.29, 0.717) is 23.3 Å². The average Bonchev–Trinajstić information content (AvgIpc) is 2.87. The highest BCUT2D eigenvalue weighted by atomic mass is 79.9. The van der Waals surface area contributed by atoms with E-state index in [1.54, 1.807) is 17.8 Å². The summed E-state index contributed by atoms with van der Waals surface area (Å²) < 4.78 is 8.78. The molecular formula is C14H12Br2N2O2. The van der Waals surface area contributed by atoms with Crippen LogP contribution in [0.2, 0.25) is 0 Å². The molecule has 0 amide bonds. The van der Waals surface area contributed by atoms with Crippen LogP contribution < -0.4 is 10.3 Å². The quantitative estimate of drug-likeness (QED) is 0.779. The maximum Gasteiger partial charge on any atom is 0.268 e. The summed E-state index contributed by atoms with van der Waals surface area (Å²) in [7, 11) is 0. The summed E-state index contributed by atoms with van der Waals surface area (Å²) in [5.74, 6) is 0.900. The van der Waals surface area contributed by atoms with E-state index in [1.807, 2.05) is 6.07 Å². The Labute approximate surface area is 133 Å². The molecule has 1 aromatic carbocycles. The molecule has 1 aliphatic heterocycles. The minimum Gasteiger partial charge on any atom is -0.493 e. The number of nitrogens with zero attached hydrogens (tertiary/aromatic N) is 2. The number of aryl methyl sites for hydroxylation is 1. The molecule has 1 aliphatic rings. The lowest BCUT2D eigenvalue weighted by Gasteiger charge is -2.11. The summed E-state index contributed by atoms with van der Waals surface area (Å²) in [4.78, 5) is 16.4. The molecule has 2 heterocycles. The highest BCUT2D eigenvalue weighted by molar-refractivity contribution is 9.10. The topological polar surface area (TPSA) is 44.1 Å². The molecule has 0 saturated carbocycles. The molecule has 0 bridgehead atoms. The molecular weight excluding hydrogens is 388 g/mol. The van der Waals surface area contributed by atoms with Gasteiger partial charge in [0.2, 0.25) is 0 Å². The molecule has 1 aromatic heterocycles. The molecule has 0 unspecified atom stereocenters. The summed E-state index contributed by atoms with van der Waals surface area (Å²) in [5.41, 5.74) is 2.79. The van der Waals surface area contributed by atoms with Crippen LogP contribution in [0.1, 0.15) is 16.8 Å². The Hall–Kier alpha value is -1.14. The second kappa shape index (κ2) is 5.33. The Morgan fingerprint density at radius 3 is 3.00 bits per heavy atom. The first-order valence-corrected chi connectivity index (χ1v) is 7.80. The Morgan fingerprint density at radius 2 is 2.20 bits per heavy atom. The molecule has 2 aromatic rings. The third kappa shape index (κ3) is 2.42. The fourth-order valence-corrected chi connectivity index (χ4v) is 3.19. The monoisotopic (exact) mass is 398 g/mol. The maximum atomic E-state index is 12.2. The number of hydrogen-bond donors (Lipinski definition) is 0. The third-order valence-electron chi connectivity index (χ3n) is 3.32. The van der Waals surface area contributed by atoms with Gasteiger partial charge in [-0.2, -0.15) is 0 Å². The van der Waals surface area contributed by atoms with Gasteiger partial charge in [-0.3, -0.25) is 9.36 Å². The number of hydrogen-bond acceptors (Lipinski definition) is 3. The van der Waals surface area contributed by atoms with Crippen molar-refractivity contribution < 1.29 is 4.74 Å².